The van der Waals surface area contributed by atoms with Gasteiger partial charge in [-0.15, -0.1) is 11.8 Å². The molecular formula is C21H25ClN2O3S. The summed E-state index contributed by atoms with van der Waals surface area (Å²) in [4.78, 5) is 28.7. The lowest BCUT2D eigenvalue weighted by Crippen LogP contribution is -2.28. The number of ether oxygens (including phenoxy) is 1. The molecular weight excluding hydrogens is 396 g/mol. The number of amides is 1. The Hall–Kier alpha value is -1.76. The molecule has 0 spiro atoms. The van der Waals surface area contributed by atoms with Gasteiger partial charge >= 0.3 is 0 Å². The first-order chi connectivity index (χ1) is 13.3. The number of thioether (sulfide) groups is 1. The number of pyridine rings is 1. The van der Waals surface area contributed by atoms with Gasteiger partial charge in [-0.3, -0.25) is 9.59 Å². The van der Waals surface area contributed by atoms with Crippen LogP contribution in [0.5, 0.6) is 0 Å². The van der Waals surface area contributed by atoms with Crippen molar-refractivity contribution >= 4 is 29.3 Å². The molecule has 28 heavy (non-hydrogen) atoms. The van der Waals surface area contributed by atoms with Gasteiger partial charge in [0.25, 0.3) is 11.5 Å². The monoisotopic (exact) mass is 420 g/mol. The van der Waals surface area contributed by atoms with Crippen molar-refractivity contribution in [1.29, 1.82) is 0 Å². The predicted molar refractivity (Wildman–Crippen MR) is 114 cm³/mol. The molecule has 1 saturated heterocycles. The third-order valence-corrected chi connectivity index (χ3v) is 6.89. The van der Waals surface area contributed by atoms with Crippen molar-refractivity contribution in [2.75, 3.05) is 6.61 Å². The highest BCUT2D eigenvalue weighted by Crippen LogP contribution is 2.36. The molecule has 1 fully saturated rings. The lowest BCUT2D eigenvalue weighted by molar-refractivity contribution is 0.0950. The van der Waals surface area contributed by atoms with E-state index < -0.39 is 0 Å². The summed E-state index contributed by atoms with van der Waals surface area (Å²) in [5.74, 6) is -0.239. The average molecular weight is 421 g/mol. The van der Waals surface area contributed by atoms with Gasteiger partial charge in [0, 0.05) is 45.1 Å². The number of H-pyrrole nitrogens is 1. The lowest BCUT2D eigenvalue weighted by Gasteiger charge is -2.17. The van der Waals surface area contributed by atoms with Crippen molar-refractivity contribution in [3.05, 3.63) is 61.5 Å². The van der Waals surface area contributed by atoms with E-state index in [0.29, 0.717) is 21.4 Å². The van der Waals surface area contributed by atoms with Gasteiger partial charge in [0.1, 0.15) is 0 Å². The second-order valence-corrected chi connectivity index (χ2v) is 8.94. The number of rotatable bonds is 5. The van der Waals surface area contributed by atoms with Crippen LogP contribution < -0.4 is 10.9 Å². The molecule has 150 valence electrons. The largest absolute Gasteiger partial charge is 0.377 e. The smallest absolute Gasteiger partial charge is 0.253 e. The van der Waals surface area contributed by atoms with E-state index in [1.807, 2.05) is 32.9 Å². The molecule has 2 unspecified atom stereocenters. The normalized spacial score (nSPS) is 19.0. The predicted octanol–water partition coefficient (Wildman–Crippen LogP) is 4.15. The molecule has 3 rings (SSSR count). The van der Waals surface area contributed by atoms with Crippen molar-refractivity contribution in [3.8, 4) is 0 Å². The Kier molecular flexibility index (Phi) is 6.53. The highest BCUT2D eigenvalue weighted by Gasteiger charge is 2.26. The van der Waals surface area contributed by atoms with Crippen LogP contribution in [-0.4, -0.2) is 28.9 Å². The zero-order valence-electron chi connectivity index (χ0n) is 16.5. The molecule has 0 radical (unpaired) electrons. The maximum atomic E-state index is 12.8. The summed E-state index contributed by atoms with van der Waals surface area (Å²) in [6.45, 7) is 8.63. The molecule has 2 heterocycles. The van der Waals surface area contributed by atoms with Crippen LogP contribution in [0.3, 0.4) is 0 Å². The van der Waals surface area contributed by atoms with Crippen LogP contribution in [0.2, 0.25) is 5.02 Å². The summed E-state index contributed by atoms with van der Waals surface area (Å²) in [6, 6.07) is 5.47. The SMILES string of the molecule is Cc1cc(C)c(CNC(=O)c2cc(Cl)cc(SC3CCOC3C)c2C)c(=O)[nH]1. The third-order valence-electron chi connectivity index (χ3n) is 5.07. The summed E-state index contributed by atoms with van der Waals surface area (Å²) < 4.78 is 5.64. The molecule has 5 nitrogen and oxygen atoms in total. The van der Waals surface area contributed by atoms with E-state index in [-0.39, 0.29) is 24.1 Å². The molecule has 7 heteroatoms. The van der Waals surface area contributed by atoms with Crippen molar-refractivity contribution in [2.45, 2.75) is 56.9 Å². The van der Waals surface area contributed by atoms with E-state index in [1.54, 1.807) is 17.8 Å². The molecule has 1 amide bonds. The van der Waals surface area contributed by atoms with E-state index in [9.17, 15) is 9.59 Å². The van der Waals surface area contributed by atoms with Crippen LogP contribution in [0.15, 0.2) is 27.9 Å². The fourth-order valence-electron chi connectivity index (χ4n) is 3.41. The molecule has 2 N–H and O–H groups in total. The molecule has 1 aromatic carbocycles. The van der Waals surface area contributed by atoms with E-state index in [2.05, 4.69) is 17.2 Å². The van der Waals surface area contributed by atoms with Gasteiger partial charge in [-0.25, -0.2) is 0 Å². The molecule has 0 saturated carbocycles. The number of nitrogens with one attached hydrogen (secondary N) is 2. The Morgan fingerprint density at radius 3 is 2.71 bits per heavy atom. The minimum Gasteiger partial charge on any atom is -0.377 e. The van der Waals surface area contributed by atoms with Crippen LogP contribution >= 0.6 is 23.4 Å². The molecule has 1 aliphatic rings. The van der Waals surface area contributed by atoms with Crippen molar-refractivity contribution in [2.24, 2.45) is 0 Å². The van der Waals surface area contributed by atoms with Gasteiger partial charge in [-0.05, 0) is 63.4 Å². The minimum absolute atomic E-state index is 0.169. The van der Waals surface area contributed by atoms with Crippen LogP contribution in [0.25, 0.3) is 0 Å². The van der Waals surface area contributed by atoms with E-state index >= 15 is 0 Å². The first kappa shape index (κ1) is 21.0. The Balaban J connectivity index is 1.79. The summed E-state index contributed by atoms with van der Waals surface area (Å²) in [7, 11) is 0. The first-order valence-corrected chi connectivity index (χ1v) is 10.6. The van der Waals surface area contributed by atoms with Crippen LogP contribution in [0.1, 0.15) is 46.1 Å². The Morgan fingerprint density at radius 1 is 1.32 bits per heavy atom. The fourth-order valence-corrected chi connectivity index (χ4v) is 4.98. The number of carbonyl (C=O) groups excluding carboxylic acids is 1. The van der Waals surface area contributed by atoms with Gasteiger partial charge in [-0.1, -0.05) is 11.6 Å². The quantitative estimate of drug-likeness (QED) is 0.762. The molecule has 0 bridgehead atoms. The number of hydrogen-bond donors (Lipinski definition) is 2. The number of hydrogen-bond acceptors (Lipinski definition) is 4. The molecule has 1 aliphatic heterocycles. The Labute approximate surface area is 174 Å². The van der Waals surface area contributed by atoms with Crippen molar-refractivity contribution < 1.29 is 9.53 Å². The highest BCUT2D eigenvalue weighted by atomic mass is 35.5. The van der Waals surface area contributed by atoms with Gasteiger partial charge in [-0.2, -0.15) is 0 Å². The third kappa shape index (κ3) is 4.62. The van der Waals surface area contributed by atoms with Crippen LogP contribution in [0.4, 0.5) is 0 Å². The maximum absolute atomic E-state index is 12.8. The summed E-state index contributed by atoms with van der Waals surface area (Å²) in [5, 5.41) is 3.73. The van der Waals surface area contributed by atoms with Crippen molar-refractivity contribution in [3.63, 3.8) is 0 Å². The summed E-state index contributed by atoms with van der Waals surface area (Å²) in [6.07, 6.45) is 1.16. The van der Waals surface area contributed by atoms with E-state index in [4.69, 9.17) is 16.3 Å². The standard InChI is InChI=1S/C21H25ClN2O3S/c1-11-7-12(2)24-21(26)17(11)10-23-20(25)16-8-15(22)9-19(13(16)3)28-18-5-6-27-14(18)4/h7-9,14,18H,5-6,10H2,1-4H3,(H,23,25)(H,24,26). The topological polar surface area (TPSA) is 71.2 Å². The number of aromatic amines is 1. The lowest BCUT2D eigenvalue weighted by atomic mass is 10.1. The molecule has 0 aliphatic carbocycles. The fraction of sp³-hybridized carbons (Fsp3) is 0.429. The number of aromatic nitrogens is 1. The van der Waals surface area contributed by atoms with E-state index in [0.717, 1.165) is 34.7 Å². The van der Waals surface area contributed by atoms with Gasteiger partial charge in [0.2, 0.25) is 0 Å². The Bertz CT molecular complexity index is 957. The average Bonchev–Trinajstić information content (AvgIpc) is 3.01. The number of carbonyl (C=O) groups is 1. The Morgan fingerprint density at radius 2 is 2.07 bits per heavy atom. The zero-order chi connectivity index (χ0) is 20.4. The second kappa shape index (κ2) is 8.72. The minimum atomic E-state index is -0.239. The van der Waals surface area contributed by atoms with Crippen LogP contribution in [0, 0.1) is 20.8 Å². The van der Waals surface area contributed by atoms with Crippen molar-refractivity contribution in [1.82, 2.24) is 10.3 Å². The number of halogens is 1. The zero-order valence-corrected chi connectivity index (χ0v) is 18.1. The highest BCUT2D eigenvalue weighted by molar-refractivity contribution is 8.00. The maximum Gasteiger partial charge on any atom is 0.253 e. The summed E-state index contributed by atoms with van der Waals surface area (Å²) in [5.41, 5.74) is 3.46. The van der Waals surface area contributed by atoms with Crippen LogP contribution in [-0.2, 0) is 11.3 Å². The number of aryl methyl sites for hydroxylation is 2. The van der Waals surface area contributed by atoms with E-state index in [1.165, 1.54) is 0 Å². The summed E-state index contributed by atoms with van der Waals surface area (Å²) >= 11 is 8.00. The molecule has 1 aromatic heterocycles. The second-order valence-electron chi connectivity index (χ2n) is 7.22. The molecule has 2 aromatic rings. The van der Waals surface area contributed by atoms with Gasteiger partial charge in [0.05, 0.1) is 6.10 Å². The first-order valence-electron chi connectivity index (χ1n) is 9.32. The number of benzene rings is 1. The molecule has 2 atom stereocenters. The van der Waals surface area contributed by atoms with Gasteiger partial charge < -0.3 is 15.0 Å². The van der Waals surface area contributed by atoms with Gasteiger partial charge in [0.15, 0.2) is 0 Å².